The molecule has 0 atom stereocenters. The van der Waals surface area contributed by atoms with E-state index in [0.717, 1.165) is 6.08 Å². The van der Waals surface area contributed by atoms with Crippen molar-refractivity contribution in [3.05, 3.63) is 35.6 Å². The summed E-state index contributed by atoms with van der Waals surface area (Å²) in [6.07, 6.45) is 1.36. The highest BCUT2D eigenvalue weighted by atomic mass is 19.4. The van der Waals surface area contributed by atoms with E-state index in [4.69, 9.17) is 0 Å². The van der Waals surface area contributed by atoms with E-state index in [1.54, 1.807) is 6.92 Å². The van der Waals surface area contributed by atoms with Gasteiger partial charge in [0.15, 0.2) is 0 Å². The highest BCUT2D eigenvalue weighted by molar-refractivity contribution is 5.32. The average Bonchev–Trinajstić information content (AvgIpc) is 2.13. The van der Waals surface area contributed by atoms with Crippen LogP contribution in [0.25, 0.3) is 0 Å². The van der Waals surface area contributed by atoms with Crippen LogP contribution < -0.4 is 0 Å². The minimum Gasteiger partial charge on any atom is -0.508 e. The smallest absolute Gasteiger partial charge is 0.419 e. The molecule has 0 bridgehead atoms. The first kappa shape index (κ1) is 13.8. The summed E-state index contributed by atoms with van der Waals surface area (Å²) in [6.45, 7) is 3.43. The molecule has 15 heavy (non-hydrogen) atoms. The van der Waals surface area contributed by atoms with Gasteiger partial charge < -0.3 is 5.11 Å². The van der Waals surface area contributed by atoms with Crippen molar-refractivity contribution in [2.75, 3.05) is 0 Å². The molecule has 0 saturated heterocycles. The first-order valence-electron chi connectivity index (χ1n) is 4.73. The van der Waals surface area contributed by atoms with Gasteiger partial charge in [0, 0.05) is 0 Å². The fourth-order valence-corrected chi connectivity index (χ4v) is 0.909. The number of unbranched alkanes of at least 4 members (excludes halogenated alkanes) is 1. The van der Waals surface area contributed by atoms with Crippen LogP contribution in [0.1, 0.15) is 26.7 Å². The Morgan fingerprint density at radius 1 is 1.33 bits per heavy atom. The number of halogens is 3. The van der Waals surface area contributed by atoms with Crippen molar-refractivity contribution in [2.24, 2.45) is 0 Å². The normalized spacial score (nSPS) is 15.0. The van der Waals surface area contributed by atoms with Crippen molar-refractivity contribution in [3.8, 4) is 0 Å². The third-order valence-electron chi connectivity index (χ3n) is 1.66. The lowest BCUT2D eigenvalue weighted by atomic mass is 10.1. The van der Waals surface area contributed by atoms with Crippen LogP contribution in [0.5, 0.6) is 0 Å². The summed E-state index contributed by atoms with van der Waals surface area (Å²) in [7, 11) is 0. The molecule has 0 aromatic carbocycles. The second-order valence-corrected chi connectivity index (χ2v) is 2.98. The molecule has 0 rings (SSSR count). The van der Waals surface area contributed by atoms with Gasteiger partial charge in [0.2, 0.25) is 0 Å². The quantitative estimate of drug-likeness (QED) is 0.553. The second-order valence-electron chi connectivity index (χ2n) is 2.98. The van der Waals surface area contributed by atoms with Crippen LogP contribution in [0.15, 0.2) is 35.6 Å². The largest absolute Gasteiger partial charge is 0.508 e. The maximum absolute atomic E-state index is 12.4. The van der Waals surface area contributed by atoms with Gasteiger partial charge in [-0.2, -0.15) is 13.2 Å². The van der Waals surface area contributed by atoms with Gasteiger partial charge in [0.25, 0.3) is 0 Å². The van der Waals surface area contributed by atoms with E-state index in [-0.39, 0.29) is 0 Å². The highest BCUT2D eigenvalue weighted by Crippen LogP contribution is 2.30. The molecule has 86 valence electrons. The van der Waals surface area contributed by atoms with Gasteiger partial charge in [0.05, 0.1) is 5.57 Å². The summed E-state index contributed by atoms with van der Waals surface area (Å²) < 4.78 is 37.3. The Balaban J connectivity index is 4.96. The summed E-state index contributed by atoms with van der Waals surface area (Å²) in [4.78, 5) is 0. The monoisotopic (exact) mass is 220 g/mol. The van der Waals surface area contributed by atoms with Crippen molar-refractivity contribution in [3.63, 3.8) is 0 Å². The summed E-state index contributed by atoms with van der Waals surface area (Å²) in [5.74, 6) is -0.706. The lowest BCUT2D eigenvalue weighted by Crippen LogP contribution is -2.13. The van der Waals surface area contributed by atoms with Crippen molar-refractivity contribution in [2.45, 2.75) is 32.9 Å². The molecule has 0 spiro atoms. The number of hydrogen-bond donors (Lipinski definition) is 1. The van der Waals surface area contributed by atoms with Crippen LogP contribution >= 0.6 is 0 Å². The number of alkyl halides is 3. The molecular weight excluding hydrogens is 205 g/mol. The zero-order valence-corrected chi connectivity index (χ0v) is 8.80. The molecule has 0 amide bonds. The Morgan fingerprint density at radius 2 is 1.93 bits per heavy atom. The molecule has 0 fully saturated rings. The first-order chi connectivity index (χ1) is 6.93. The van der Waals surface area contributed by atoms with E-state index in [2.05, 4.69) is 0 Å². The van der Waals surface area contributed by atoms with Crippen molar-refractivity contribution in [1.82, 2.24) is 0 Å². The minimum absolute atomic E-state index is 0.426. The Kier molecular flexibility index (Phi) is 5.82. The predicted octanol–water partition coefficient (Wildman–Crippen LogP) is 4.29. The van der Waals surface area contributed by atoms with Gasteiger partial charge >= 0.3 is 6.18 Å². The number of allylic oxidation sites excluding steroid dienone is 5. The summed E-state index contributed by atoms with van der Waals surface area (Å²) in [5.41, 5.74) is -1.01. The molecule has 4 heteroatoms. The van der Waals surface area contributed by atoms with Crippen LogP contribution in [-0.4, -0.2) is 11.3 Å². The number of aliphatic hydroxyl groups excluding tert-OH is 1. The number of rotatable bonds is 4. The Hall–Kier alpha value is -1.19. The van der Waals surface area contributed by atoms with Crippen LogP contribution in [0.4, 0.5) is 13.2 Å². The van der Waals surface area contributed by atoms with E-state index < -0.39 is 17.5 Å². The maximum Gasteiger partial charge on any atom is 0.419 e. The summed E-state index contributed by atoms with van der Waals surface area (Å²) >= 11 is 0. The third-order valence-corrected chi connectivity index (χ3v) is 1.66. The van der Waals surface area contributed by atoms with Gasteiger partial charge in [-0.3, -0.25) is 0 Å². The number of hydrogen-bond acceptors (Lipinski definition) is 1. The van der Waals surface area contributed by atoms with Gasteiger partial charge in [-0.15, -0.1) is 0 Å². The summed E-state index contributed by atoms with van der Waals surface area (Å²) in [6, 6.07) is 0. The predicted molar refractivity (Wildman–Crippen MR) is 54.6 cm³/mol. The highest BCUT2D eigenvalue weighted by Gasteiger charge is 2.35. The van der Waals surface area contributed by atoms with E-state index in [0.29, 0.717) is 12.8 Å². The van der Waals surface area contributed by atoms with Gasteiger partial charge in [-0.1, -0.05) is 25.5 Å². The van der Waals surface area contributed by atoms with E-state index in [1.807, 2.05) is 6.92 Å². The summed E-state index contributed by atoms with van der Waals surface area (Å²) in [5, 5.41) is 9.24. The van der Waals surface area contributed by atoms with Crippen LogP contribution in [-0.2, 0) is 0 Å². The molecule has 0 saturated carbocycles. The van der Waals surface area contributed by atoms with Gasteiger partial charge in [-0.05, 0) is 25.5 Å². The van der Waals surface area contributed by atoms with Gasteiger partial charge in [0.1, 0.15) is 5.76 Å². The average molecular weight is 220 g/mol. The maximum atomic E-state index is 12.4. The Bertz CT molecular complexity index is 272. The lowest BCUT2D eigenvalue weighted by molar-refractivity contribution is -0.0924. The first-order valence-corrected chi connectivity index (χ1v) is 4.73. The molecule has 0 aliphatic rings. The van der Waals surface area contributed by atoms with Crippen molar-refractivity contribution < 1.29 is 18.3 Å². The molecule has 0 aromatic heterocycles. The minimum atomic E-state index is -4.52. The van der Waals surface area contributed by atoms with Crippen molar-refractivity contribution >= 4 is 0 Å². The fourth-order valence-electron chi connectivity index (χ4n) is 0.909. The molecule has 0 unspecified atom stereocenters. The Labute approximate surface area is 87.6 Å². The molecule has 1 N–H and O–H groups in total. The van der Waals surface area contributed by atoms with Crippen LogP contribution in [0.2, 0.25) is 0 Å². The molecule has 0 aliphatic heterocycles. The standard InChI is InChI=1S/C11H15F3O/c1-3-5-7-9(11(12,13)14)10(15)8-6-4-2/h3,5,7-8,15H,4,6H2,1-2H3/b5-3-,9-7+,10-8-. The zero-order chi connectivity index (χ0) is 11.9. The third kappa shape index (κ3) is 5.30. The van der Waals surface area contributed by atoms with Crippen LogP contribution in [0.3, 0.4) is 0 Å². The van der Waals surface area contributed by atoms with E-state index in [1.165, 1.54) is 18.2 Å². The second kappa shape index (κ2) is 6.32. The Morgan fingerprint density at radius 3 is 2.33 bits per heavy atom. The molecular formula is C11H15F3O. The zero-order valence-electron chi connectivity index (χ0n) is 8.80. The van der Waals surface area contributed by atoms with E-state index in [9.17, 15) is 18.3 Å². The lowest BCUT2D eigenvalue weighted by Gasteiger charge is -2.10. The molecule has 0 aromatic rings. The SMILES string of the molecule is C\C=C/C=C(\C(O)=C\CCC)C(F)(F)F. The van der Waals surface area contributed by atoms with E-state index >= 15 is 0 Å². The van der Waals surface area contributed by atoms with Crippen molar-refractivity contribution in [1.29, 1.82) is 0 Å². The fraction of sp³-hybridized carbons (Fsp3) is 0.455. The molecule has 0 radical (unpaired) electrons. The van der Waals surface area contributed by atoms with Crippen LogP contribution in [0, 0.1) is 0 Å². The molecule has 1 nitrogen and oxygen atoms in total. The molecule has 0 aliphatic carbocycles. The topological polar surface area (TPSA) is 20.2 Å². The van der Waals surface area contributed by atoms with Gasteiger partial charge in [-0.25, -0.2) is 0 Å². The molecule has 0 heterocycles. The number of aliphatic hydroxyl groups is 1.